The molecule has 1 nitrogen and oxygen atoms in total. The van der Waals surface area contributed by atoms with Crippen LogP contribution in [-0.4, -0.2) is 20.7 Å². The van der Waals surface area contributed by atoms with Crippen LogP contribution in [0.5, 0.6) is 0 Å². The number of ketones is 1. The van der Waals surface area contributed by atoms with Crippen molar-refractivity contribution in [1.82, 2.24) is 0 Å². The van der Waals surface area contributed by atoms with E-state index in [1.54, 1.807) is 0 Å². The van der Waals surface area contributed by atoms with Gasteiger partial charge in [-0.1, -0.05) is 0 Å². The topological polar surface area (TPSA) is 17.1 Å². The van der Waals surface area contributed by atoms with Crippen LogP contribution >= 0.6 is 0 Å². The minimum atomic E-state index is 0.465. The fourth-order valence-corrected chi connectivity index (χ4v) is 4.02. The molecule has 0 bridgehead atoms. The fraction of sp³-hybridized carbons (Fsp3) is 0.364. The summed E-state index contributed by atoms with van der Waals surface area (Å²) < 4.78 is 0. The first kappa shape index (κ1) is 8.98. The number of Topliss-reactive ketones (excluding diaryl/α,β-unsaturated/α-hetero) is 1. The molecule has 1 aliphatic heterocycles. The van der Waals surface area contributed by atoms with Crippen molar-refractivity contribution in [3.05, 3.63) is 35.9 Å². The summed E-state index contributed by atoms with van der Waals surface area (Å²) in [5.41, 5.74) is 1.43. The number of carbonyl (C=O) groups is 1. The van der Waals surface area contributed by atoms with E-state index in [9.17, 15) is 4.79 Å². The van der Waals surface area contributed by atoms with Gasteiger partial charge in [-0.15, -0.1) is 0 Å². The minimum absolute atomic E-state index is 0.465. The zero-order chi connectivity index (χ0) is 9.10. The first-order chi connectivity index (χ1) is 6.36. The molecule has 0 saturated carbocycles. The predicted molar refractivity (Wildman–Crippen MR) is 54.0 cm³/mol. The van der Waals surface area contributed by atoms with Gasteiger partial charge in [0.2, 0.25) is 0 Å². The Bertz CT molecular complexity index is 284. The van der Waals surface area contributed by atoms with Crippen LogP contribution in [0.15, 0.2) is 30.3 Å². The maximum atomic E-state index is 11.1. The molecule has 13 heavy (non-hydrogen) atoms. The van der Waals surface area contributed by atoms with Crippen molar-refractivity contribution in [2.24, 2.45) is 0 Å². The van der Waals surface area contributed by atoms with Crippen molar-refractivity contribution in [3.63, 3.8) is 0 Å². The number of carbonyl (C=O) groups excluding carboxylic acids is 1. The summed E-state index contributed by atoms with van der Waals surface area (Å²) in [6.07, 6.45) is 1.87. The summed E-state index contributed by atoms with van der Waals surface area (Å²) in [7, 11) is 0. The zero-order valence-electron chi connectivity index (χ0n) is 7.40. The Balaban J connectivity index is 2.07. The molecule has 2 heteroatoms. The summed E-state index contributed by atoms with van der Waals surface area (Å²) in [6, 6.07) is 10.6. The molecule has 1 aliphatic rings. The van der Waals surface area contributed by atoms with E-state index in [1.807, 2.05) is 6.07 Å². The second kappa shape index (κ2) is 4.08. The third-order valence-electron chi connectivity index (χ3n) is 2.30. The van der Waals surface area contributed by atoms with Crippen molar-refractivity contribution in [1.29, 1.82) is 0 Å². The molecule has 1 fully saturated rings. The van der Waals surface area contributed by atoms with Gasteiger partial charge in [0.05, 0.1) is 0 Å². The number of benzene rings is 1. The van der Waals surface area contributed by atoms with Gasteiger partial charge in [-0.2, -0.15) is 0 Å². The van der Waals surface area contributed by atoms with Gasteiger partial charge >= 0.3 is 84.4 Å². The van der Waals surface area contributed by atoms with E-state index < -0.39 is 0 Å². The van der Waals surface area contributed by atoms with Crippen LogP contribution in [-0.2, 0) is 4.79 Å². The Morgan fingerprint density at radius 3 is 2.62 bits per heavy atom. The zero-order valence-corrected chi connectivity index (χ0v) is 9.11. The average Bonchev–Trinajstić information content (AvgIpc) is 2.20. The Hall–Kier alpha value is -0.591. The van der Waals surface area contributed by atoms with E-state index >= 15 is 0 Å². The monoisotopic (exact) mass is 240 g/mol. The molecule has 0 unspecified atom stereocenters. The summed E-state index contributed by atoms with van der Waals surface area (Å²) >= 11 is 0.497. The molecule has 1 aromatic carbocycles. The molecule has 2 rings (SSSR count). The second-order valence-corrected chi connectivity index (χ2v) is 5.79. The number of hydrogen-bond donors (Lipinski definition) is 0. The average molecular weight is 239 g/mol. The maximum absolute atomic E-state index is 11.1. The van der Waals surface area contributed by atoms with Crippen LogP contribution < -0.4 is 0 Å². The van der Waals surface area contributed by atoms with Crippen LogP contribution in [0.3, 0.4) is 0 Å². The summed E-state index contributed by atoms with van der Waals surface area (Å²) in [4.78, 5) is 11.7. The molecule has 1 aromatic rings. The summed E-state index contributed by atoms with van der Waals surface area (Å²) in [5, 5.41) is 0.840. The number of hydrogen-bond acceptors (Lipinski definition) is 1. The van der Waals surface area contributed by atoms with Crippen molar-refractivity contribution >= 4 is 20.7 Å². The molecule has 0 aromatic heterocycles. The molecule has 1 atom stereocenters. The summed E-state index contributed by atoms with van der Waals surface area (Å²) in [6.45, 7) is 0. The van der Waals surface area contributed by atoms with Crippen molar-refractivity contribution in [2.75, 3.05) is 0 Å². The van der Waals surface area contributed by atoms with Gasteiger partial charge in [0.15, 0.2) is 0 Å². The van der Waals surface area contributed by atoms with Gasteiger partial charge in [-0.05, 0) is 0 Å². The first-order valence-corrected chi connectivity index (χ1v) is 6.74. The molecule has 0 radical (unpaired) electrons. The van der Waals surface area contributed by atoms with Gasteiger partial charge in [0.25, 0.3) is 0 Å². The van der Waals surface area contributed by atoms with Gasteiger partial charge in [-0.3, -0.25) is 0 Å². The molecular weight excluding hydrogens is 227 g/mol. The fourth-order valence-electron chi connectivity index (χ4n) is 1.57. The van der Waals surface area contributed by atoms with E-state index in [0.29, 0.717) is 25.6 Å². The number of rotatable bonds is 1. The van der Waals surface area contributed by atoms with Crippen LogP contribution in [0.1, 0.15) is 23.2 Å². The van der Waals surface area contributed by atoms with E-state index in [-0.39, 0.29) is 0 Å². The van der Waals surface area contributed by atoms with Crippen LogP contribution in [0.2, 0.25) is 5.32 Å². The molecule has 0 amide bonds. The van der Waals surface area contributed by atoms with E-state index in [0.717, 1.165) is 18.2 Å². The molecule has 68 valence electrons. The Kier molecular flexibility index (Phi) is 2.82. The third-order valence-corrected chi connectivity index (χ3v) is 5.24. The third kappa shape index (κ3) is 2.20. The van der Waals surface area contributed by atoms with E-state index in [2.05, 4.69) is 24.3 Å². The summed E-state index contributed by atoms with van der Waals surface area (Å²) in [5.74, 6) is 0.465. The quantitative estimate of drug-likeness (QED) is 0.687. The molecule has 1 heterocycles. The van der Waals surface area contributed by atoms with Gasteiger partial charge in [0, 0.05) is 0 Å². The molecule has 0 spiro atoms. The second-order valence-electron chi connectivity index (χ2n) is 3.29. The van der Waals surface area contributed by atoms with Gasteiger partial charge in [-0.25, -0.2) is 0 Å². The predicted octanol–water partition coefficient (Wildman–Crippen LogP) is 2.21. The van der Waals surface area contributed by atoms with Crippen molar-refractivity contribution < 1.29 is 4.79 Å². The molecule has 0 aliphatic carbocycles. The van der Waals surface area contributed by atoms with E-state index in [1.165, 1.54) is 5.56 Å². The normalized spacial score (nSPS) is 23.1. The van der Waals surface area contributed by atoms with Crippen molar-refractivity contribution in [2.45, 2.75) is 23.0 Å². The van der Waals surface area contributed by atoms with Crippen LogP contribution in [0, 0.1) is 0 Å². The van der Waals surface area contributed by atoms with Crippen molar-refractivity contribution in [3.8, 4) is 0 Å². The molecule has 1 saturated heterocycles. The van der Waals surface area contributed by atoms with Gasteiger partial charge in [0.1, 0.15) is 0 Å². The standard InChI is InChI=1S/C11H12OSe/c12-10-6-7-11(13-8-10)9-4-2-1-3-5-9/h1-5,11H,6-8H2/t11-/m0/s1. The van der Waals surface area contributed by atoms with E-state index in [4.69, 9.17) is 0 Å². The Morgan fingerprint density at radius 1 is 1.23 bits per heavy atom. The molecular formula is C11H12OSe. The van der Waals surface area contributed by atoms with Crippen LogP contribution in [0.25, 0.3) is 0 Å². The van der Waals surface area contributed by atoms with Crippen LogP contribution in [0.4, 0.5) is 0 Å². The Morgan fingerprint density at radius 2 is 2.00 bits per heavy atom. The first-order valence-electron chi connectivity index (χ1n) is 4.54. The van der Waals surface area contributed by atoms with Gasteiger partial charge < -0.3 is 0 Å². The molecule has 0 N–H and O–H groups in total. The SMILES string of the molecule is O=C1CC[C@@H](c2ccccc2)[Se]C1. The Labute approximate surface area is 84.7 Å².